The van der Waals surface area contributed by atoms with Crippen molar-refractivity contribution in [3.8, 4) is 11.5 Å². The molecule has 1 aliphatic rings. The van der Waals surface area contributed by atoms with Gasteiger partial charge in [-0.05, 0) is 30.5 Å². The van der Waals surface area contributed by atoms with Gasteiger partial charge in [0.25, 0.3) is 0 Å². The van der Waals surface area contributed by atoms with Crippen LogP contribution in [0.5, 0.6) is 0 Å². The molecule has 3 heterocycles. The van der Waals surface area contributed by atoms with Gasteiger partial charge < -0.3 is 14.5 Å². The molecule has 0 radical (unpaired) electrons. The maximum Gasteiger partial charge on any atom is 0.156 e. The Hall–Kier alpha value is -2.89. The van der Waals surface area contributed by atoms with E-state index in [1.165, 1.54) is 5.56 Å². The molecule has 4 aromatic rings. The molecule has 1 fully saturated rings. The molecule has 0 unspecified atom stereocenters. The van der Waals surface area contributed by atoms with E-state index in [0.29, 0.717) is 0 Å². The molecule has 1 saturated heterocycles. The summed E-state index contributed by atoms with van der Waals surface area (Å²) in [5.74, 6) is 0.817. The number of hydrogen-bond acceptors (Lipinski definition) is 4. The number of nitrogens with one attached hydrogen (secondary N) is 1. The topological polar surface area (TPSA) is 52.2 Å². The minimum absolute atomic E-state index is 0.112. The fourth-order valence-electron chi connectivity index (χ4n) is 4.53. The van der Waals surface area contributed by atoms with Crippen molar-refractivity contribution in [3.05, 3.63) is 78.0 Å². The van der Waals surface area contributed by atoms with Gasteiger partial charge in [0.05, 0.1) is 0 Å². The van der Waals surface area contributed by atoms with E-state index in [1.807, 2.05) is 29.9 Å². The number of benzene rings is 2. The van der Waals surface area contributed by atoms with Crippen LogP contribution in [-0.2, 0) is 23.7 Å². The zero-order valence-electron chi connectivity index (χ0n) is 17.3. The van der Waals surface area contributed by atoms with Crippen LogP contribution in [0.4, 0.5) is 0 Å². The Morgan fingerprint density at radius 1 is 1.03 bits per heavy atom. The molecule has 5 heteroatoms. The SMILES string of the molecule is Cn1cc(CNCC2(c3ccccc3)CCOCC2)c(-c2cc3ccccc3o2)n1. The molecule has 0 saturated carbocycles. The van der Waals surface area contributed by atoms with Crippen LogP contribution in [0.25, 0.3) is 22.4 Å². The Morgan fingerprint density at radius 3 is 2.60 bits per heavy atom. The van der Waals surface area contributed by atoms with Gasteiger partial charge in [0, 0.05) is 55.9 Å². The fraction of sp³-hybridized carbons (Fsp3) is 0.320. The Kier molecular flexibility index (Phi) is 5.15. The first-order valence-electron chi connectivity index (χ1n) is 10.6. The van der Waals surface area contributed by atoms with Gasteiger partial charge in [0.1, 0.15) is 11.3 Å². The number of nitrogens with zero attached hydrogens (tertiary/aromatic N) is 2. The van der Waals surface area contributed by atoms with Crippen molar-refractivity contribution in [1.82, 2.24) is 15.1 Å². The Labute approximate surface area is 176 Å². The minimum Gasteiger partial charge on any atom is -0.454 e. The molecular weight excluding hydrogens is 374 g/mol. The monoisotopic (exact) mass is 401 g/mol. The van der Waals surface area contributed by atoms with Crippen LogP contribution < -0.4 is 5.32 Å². The van der Waals surface area contributed by atoms with Gasteiger partial charge in [-0.2, -0.15) is 5.10 Å². The van der Waals surface area contributed by atoms with Crippen molar-refractivity contribution in [2.75, 3.05) is 19.8 Å². The van der Waals surface area contributed by atoms with E-state index in [9.17, 15) is 0 Å². The largest absolute Gasteiger partial charge is 0.454 e. The quantitative estimate of drug-likeness (QED) is 0.510. The lowest BCUT2D eigenvalue weighted by molar-refractivity contribution is 0.0498. The lowest BCUT2D eigenvalue weighted by Crippen LogP contribution is -2.42. The first-order valence-corrected chi connectivity index (χ1v) is 10.6. The van der Waals surface area contributed by atoms with Crippen molar-refractivity contribution in [1.29, 1.82) is 0 Å². The Bertz CT molecular complexity index is 1090. The summed E-state index contributed by atoms with van der Waals surface area (Å²) in [6.07, 6.45) is 4.15. The highest BCUT2D eigenvalue weighted by atomic mass is 16.5. The summed E-state index contributed by atoms with van der Waals surface area (Å²) in [5, 5.41) is 9.50. The first-order chi connectivity index (χ1) is 14.7. The molecular formula is C25H27N3O2. The summed E-state index contributed by atoms with van der Waals surface area (Å²) in [6.45, 7) is 3.28. The molecule has 5 rings (SSSR count). The van der Waals surface area contributed by atoms with Gasteiger partial charge in [-0.25, -0.2) is 0 Å². The number of fused-ring (bicyclic) bond motifs is 1. The normalized spacial score (nSPS) is 16.2. The lowest BCUT2D eigenvalue weighted by Gasteiger charge is -2.38. The van der Waals surface area contributed by atoms with E-state index in [4.69, 9.17) is 9.15 Å². The Balaban J connectivity index is 1.36. The van der Waals surface area contributed by atoms with Gasteiger partial charge in [-0.3, -0.25) is 4.68 Å². The third-order valence-corrected chi connectivity index (χ3v) is 6.18. The van der Waals surface area contributed by atoms with Crippen LogP contribution in [0.2, 0.25) is 0 Å². The summed E-state index contributed by atoms with van der Waals surface area (Å²) in [6, 6.07) is 21.0. The van der Waals surface area contributed by atoms with E-state index in [-0.39, 0.29) is 5.41 Å². The second-order valence-electron chi connectivity index (χ2n) is 8.19. The van der Waals surface area contributed by atoms with Crippen molar-refractivity contribution in [2.24, 2.45) is 7.05 Å². The first kappa shape index (κ1) is 19.1. The van der Waals surface area contributed by atoms with Gasteiger partial charge in [-0.15, -0.1) is 0 Å². The maximum absolute atomic E-state index is 6.07. The fourth-order valence-corrected chi connectivity index (χ4v) is 4.53. The third kappa shape index (κ3) is 3.66. The van der Waals surface area contributed by atoms with Gasteiger partial charge in [0.15, 0.2) is 5.76 Å². The predicted octanol–water partition coefficient (Wildman–Crippen LogP) is 4.67. The van der Waals surface area contributed by atoms with Crippen molar-refractivity contribution in [3.63, 3.8) is 0 Å². The standard InChI is InChI=1S/C25H27N3O2/c1-28-17-20(24(27-28)23-15-19-7-5-6-10-22(19)30-23)16-26-18-25(11-13-29-14-12-25)21-8-3-2-4-9-21/h2-10,15,17,26H,11-14,16,18H2,1H3. The van der Waals surface area contributed by atoms with Crippen LogP contribution in [0, 0.1) is 0 Å². The van der Waals surface area contributed by atoms with Crippen LogP contribution in [0.3, 0.4) is 0 Å². The molecule has 1 N–H and O–H groups in total. The number of hydrogen-bond donors (Lipinski definition) is 1. The number of ether oxygens (including phenoxy) is 1. The van der Waals surface area contributed by atoms with Gasteiger partial charge in [-0.1, -0.05) is 48.5 Å². The molecule has 2 aromatic carbocycles. The number of para-hydroxylation sites is 1. The summed E-state index contributed by atoms with van der Waals surface area (Å²) in [5.41, 5.74) is 4.45. The van der Waals surface area contributed by atoms with E-state index in [2.05, 4.69) is 59.1 Å². The summed E-state index contributed by atoms with van der Waals surface area (Å²) < 4.78 is 13.6. The van der Waals surface area contributed by atoms with Crippen molar-refractivity contribution >= 4 is 11.0 Å². The number of rotatable bonds is 6. The molecule has 1 aliphatic heterocycles. The van der Waals surface area contributed by atoms with Gasteiger partial charge >= 0.3 is 0 Å². The molecule has 0 atom stereocenters. The van der Waals surface area contributed by atoms with E-state index in [1.54, 1.807) is 0 Å². The zero-order valence-corrected chi connectivity index (χ0v) is 17.3. The highest BCUT2D eigenvalue weighted by Gasteiger charge is 2.34. The molecule has 2 aromatic heterocycles. The summed E-state index contributed by atoms with van der Waals surface area (Å²) >= 11 is 0. The molecule has 154 valence electrons. The molecule has 0 bridgehead atoms. The van der Waals surface area contributed by atoms with E-state index < -0.39 is 0 Å². The van der Waals surface area contributed by atoms with Crippen LogP contribution in [-0.4, -0.2) is 29.5 Å². The summed E-state index contributed by atoms with van der Waals surface area (Å²) in [7, 11) is 1.96. The van der Waals surface area contributed by atoms with Gasteiger partial charge in [0.2, 0.25) is 0 Å². The predicted molar refractivity (Wildman–Crippen MR) is 118 cm³/mol. The van der Waals surface area contributed by atoms with E-state index in [0.717, 1.165) is 67.1 Å². The molecule has 0 amide bonds. The zero-order chi connectivity index (χ0) is 20.4. The highest BCUT2D eigenvalue weighted by Crippen LogP contribution is 2.34. The average Bonchev–Trinajstić information content (AvgIpc) is 3.38. The smallest absolute Gasteiger partial charge is 0.156 e. The van der Waals surface area contributed by atoms with Crippen LogP contribution >= 0.6 is 0 Å². The van der Waals surface area contributed by atoms with Crippen LogP contribution in [0.1, 0.15) is 24.0 Å². The average molecular weight is 402 g/mol. The maximum atomic E-state index is 6.07. The van der Waals surface area contributed by atoms with Crippen molar-refractivity contribution < 1.29 is 9.15 Å². The lowest BCUT2D eigenvalue weighted by atomic mass is 9.74. The number of aryl methyl sites for hydroxylation is 1. The highest BCUT2D eigenvalue weighted by molar-refractivity contribution is 5.82. The minimum atomic E-state index is 0.112. The third-order valence-electron chi connectivity index (χ3n) is 6.18. The molecule has 30 heavy (non-hydrogen) atoms. The number of aromatic nitrogens is 2. The number of furan rings is 1. The summed E-state index contributed by atoms with van der Waals surface area (Å²) in [4.78, 5) is 0. The van der Waals surface area contributed by atoms with Crippen molar-refractivity contribution in [2.45, 2.75) is 24.8 Å². The van der Waals surface area contributed by atoms with Crippen LogP contribution in [0.15, 0.2) is 71.3 Å². The molecule has 5 nitrogen and oxygen atoms in total. The second kappa shape index (κ2) is 8.09. The second-order valence-corrected chi connectivity index (χ2v) is 8.19. The Morgan fingerprint density at radius 2 is 1.80 bits per heavy atom. The van der Waals surface area contributed by atoms with E-state index >= 15 is 0 Å². The molecule has 0 aliphatic carbocycles. The molecule has 0 spiro atoms.